The van der Waals surface area contributed by atoms with Gasteiger partial charge >= 0.3 is 5.97 Å². The molecule has 7 heteroatoms. The number of hydrogen-bond donors (Lipinski definition) is 1. The molecule has 23 heavy (non-hydrogen) atoms. The fourth-order valence-corrected chi connectivity index (χ4v) is 3.53. The number of aryl methyl sites for hydroxylation is 1. The van der Waals surface area contributed by atoms with Gasteiger partial charge in [0.15, 0.2) is 0 Å². The first-order valence-electron chi connectivity index (χ1n) is 8.00. The van der Waals surface area contributed by atoms with Gasteiger partial charge in [-0.2, -0.15) is 5.10 Å². The van der Waals surface area contributed by atoms with Gasteiger partial charge in [0.1, 0.15) is 0 Å². The highest BCUT2D eigenvalue weighted by atomic mass is 32.2. The number of carbonyl (C=O) groups is 2. The molecule has 1 atom stereocenters. The number of rotatable bonds is 7. The Balaban J connectivity index is 1.77. The molecule has 0 aliphatic heterocycles. The summed E-state index contributed by atoms with van der Waals surface area (Å²) in [5.41, 5.74) is 2.55. The average Bonchev–Trinajstić information content (AvgIpc) is 2.94. The van der Waals surface area contributed by atoms with E-state index in [1.807, 2.05) is 6.20 Å². The van der Waals surface area contributed by atoms with Crippen molar-refractivity contribution < 1.29 is 14.3 Å². The second-order valence-electron chi connectivity index (χ2n) is 6.04. The second kappa shape index (κ2) is 8.38. The summed E-state index contributed by atoms with van der Waals surface area (Å²) in [4.78, 5) is 23.0. The van der Waals surface area contributed by atoms with Crippen LogP contribution >= 0.6 is 11.8 Å². The predicted molar refractivity (Wildman–Crippen MR) is 90.5 cm³/mol. The minimum atomic E-state index is -0.253. The third-order valence-electron chi connectivity index (χ3n) is 3.96. The first-order valence-corrected chi connectivity index (χ1v) is 9.16. The van der Waals surface area contributed by atoms with Crippen LogP contribution in [0.4, 0.5) is 0 Å². The number of esters is 1. The third-order valence-corrected chi connectivity index (χ3v) is 4.89. The summed E-state index contributed by atoms with van der Waals surface area (Å²) in [6.07, 6.45) is 5.14. The molecular weight excluding hydrogens is 314 g/mol. The number of aromatic nitrogens is 2. The molecule has 0 fully saturated rings. The van der Waals surface area contributed by atoms with Gasteiger partial charge in [0.25, 0.3) is 0 Å². The van der Waals surface area contributed by atoms with Crippen molar-refractivity contribution in [2.45, 2.75) is 51.6 Å². The highest BCUT2D eigenvalue weighted by Gasteiger charge is 2.24. The van der Waals surface area contributed by atoms with Gasteiger partial charge in [0.05, 0.1) is 19.1 Å². The van der Waals surface area contributed by atoms with Crippen LogP contribution in [0.15, 0.2) is 6.20 Å². The predicted octanol–water partition coefficient (Wildman–Crippen LogP) is 1.73. The van der Waals surface area contributed by atoms with E-state index >= 15 is 0 Å². The first kappa shape index (κ1) is 17.8. The highest BCUT2D eigenvalue weighted by Crippen LogP contribution is 2.23. The third kappa shape index (κ3) is 4.99. The summed E-state index contributed by atoms with van der Waals surface area (Å²) >= 11 is 1.42. The first-order chi connectivity index (χ1) is 11.0. The van der Waals surface area contributed by atoms with Crippen molar-refractivity contribution in [1.29, 1.82) is 0 Å². The quantitative estimate of drug-likeness (QED) is 0.605. The molecule has 0 bridgehead atoms. The van der Waals surface area contributed by atoms with Crippen LogP contribution in [0.1, 0.15) is 44.0 Å². The van der Waals surface area contributed by atoms with Crippen LogP contribution in [0.25, 0.3) is 0 Å². The Morgan fingerprint density at radius 1 is 1.52 bits per heavy atom. The molecule has 0 aromatic carbocycles. The molecule has 0 spiro atoms. The minimum absolute atomic E-state index is 0.0476. The van der Waals surface area contributed by atoms with Gasteiger partial charge in [-0.3, -0.25) is 14.3 Å². The molecule has 1 aromatic rings. The van der Waals surface area contributed by atoms with Crippen LogP contribution in [0.5, 0.6) is 0 Å². The topological polar surface area (TPSA) is 73.2 Å². The molecule has 1 amide bonds. The summed E-state index contributed by atoms with van der Waals surface area (Å²) in [5, 5.41) is 7.56. The maximum atomic E-state index is 12.0. The fraction of sp³-hybridized carbons (Fsp3) is 0.688. The number of ether oxygens (including phenoxy) is 1. The average molecular weight is 339 g/mol. The number of thioether (sulfide) groups is 1. The van der Waals surface area contributed by atoms with E-state index in [4.69, 9.17) is 0 Å². The Labute approximate surface area is 141 Å². The zero-order valence-electron chi connectivity index (χ0n) is 14.0. The zero-order valence-corrected chi connectivity index (χ0v) is 14.8. The summed E-state index contributed by atoms with van der Waals surface area (Å²) in [6.45, 7) is 4.24. The van der Waals surface area contributed by atoms with E-state index in [2.05, 4.69) is 33.7 Å². The van der Waals surface area contributed by atoms with Gasteiger partial charge < -0.3 is 10.1 Å². The van der Waals surface area contributed by atoms with Gasteiger partial charge in [-0.1, -0.05) is 0 Å². The van der Waals surface area contributed by atoms with E-state index in [1.165, 1.54) is 30.1 Å². The lowest BCUT2D eigenvalue weighted by atomic mass is 9.93. The summed E-state index contributed by atoms with van der Waals surface area (Å²) in [7, 11) is 1.37. The molecule has 2 rings (SSSR count). The Hall–Kier alpha value is -1.50. The van der Waals surface area contributed by atoms with Gasteiger partial charge in [-0.05, 0) is 32.3 Å². The van der Waals surface area contributed by atoms with Crippen molar-refractivity contribution in [1.82, 2.24) is 15.1 Å². The number of fused-ring (bicyclic) bond motifs is 1. The molecule has 6 nitrogen and oxygen atoms in total. The van der Waals surface area contributed by atoms with Crippen LogP contribution in [0.3, 0.4) is 0 Å². The van der Waals surface area contributed by atoms with Crippen molar-refractivity contribution in [2.75, 3.05) is 18.6 Å². The Morgan fingerprint density at radius 2 is 2.30 bits per heavy atom. The van der Waals surface area contributed by atoms with Crippen LogP contribution < -0.4 is 5.32 Å². The molecule has 0 saturated carbocycles. The van der Waals surface area contributed by atoms with E-state index in [0.29, 0.717) is 24.0 Å². The van der Waals surface area contributed by atoms with Crippen molar-refractivity contribution in [2.24, 2.45) is 0 Å². The van der Waals surface area contributed by atoms with E-state index in [0.717, 1.165) is 19.3 Å². The molecular formula is C16H25N3O3S. The van der Waals surface area contributed by atoms with Gasteiger partial charge in [0.2, 0.25) is 5.91 Å². The van der Waals surface area contributed by atoms with E-state index in [9.17, 15) is 9.59 Å². The van der Waals surface area contributed by atoms with E-state index < -0.39 is 0 Å². The van der Waals surface area contributed by atoms with E-state index in [-0.39, 0.29) is 17.9 Å². The van der Waals surface area contributed by atoms with E-state index in [1.54, 1.807) is 0 Å². The Morgan fingerprint density at radius 3 is 3.00 bits per heavy atom. The number of amides is 1. The lowest BCUT2D eigenvalue weighted by Gasteiger charge is -2.25. The molecule has 1 heterocycles. The smallest absolute Gasteiger partial charge is 0.315 e. The summed E-state index contributed by atoms with van der Waals surface area (Å²) in [5.74, 6) is 0.719. The maximum absolute atomic E-state index is 12.0. The number of nitrogens with one attached hydrogen (secondary N) is 1. The monoisotopic (exact) mass is 339 g/mol. The molecule has 1 aliphatic rings. The highest BCUT2D eigenvalue weighted by molar-refractivity contribution is 7.99. The van der Waals surface area contributed by atoms with Gasteiger partial charge in [-0.15, -0.1) is 11.8 Å². The number of carbonyl (C=O) groups excluding carboxylic acids is 2. The van der Waals surface area contributed by atoms with Gasteiger partial charge in [-0.25, -0.2) is 0 Å². The Kier molecular flexibility index (Phi) is 6.50. The van der Waals surface area contributed by atoms with Crippen LogP contribution in [0.2, 0.25) is 0 Å². The van der Waals surface area contributed by atoms with Crippen LogP contribution in [-0.2, 0) is 27.2 Å². The van der Waals surface area contributed by atoms with Crippen LogP contribution in [-0.4, -0.2) is 46.3 Å². The summed E-state index contributed by atoms with van der Waals surface area (Å²) in [6, 6.07) is 0.512. The largest absolute Gasteiger partial charge is 0.468 e. The van der Waals surface area contributed by atoms with Gasteiger partial charge in [0, 0.05) is 36.4 Å². The van der Waals surface area contributed by atoms with Crippen molar-refractivity contribution >= 4 is 23.6 Å². The number of methoxy groups -OCH3 is 1. The standard InChI is InChI=1S/C16H25N3O3S/c1-11(2)19-14-8-13(5-4-12(14)9-17-19)18-15(20)6-7-23-10-16(21)22-3/h9,11,13H,4-8,10H2,1-3H3,(H,18,20)/t13-/m1/s1. The molecule has 0 radical (unpaired) electrons. The molecule has 1 aromatic heterocycles. The molecule has 1 N–H and O–H groups in total. The normalized spacial score (nSPS) is 17.0. The van der Waals surface area contributed by atoms with Crippen molar-refractivity contribution in [3.63, 3.8) is 0 Å². The summed E-state index contributed by atoms with van der Waals surface area (Å²) < 4.78 is 6.62. The Bertz CT molecular complexity index is 557. The molecule has 1 aliphatic carbocycles. The van der Waals surface area contributed by atoms with Crippen molar-refractivity contribution in [3.05, 3.63) is 17.5 Å². The molecule has 0 saturated heterocycles. The molecule has 128 valence electrons. The molecule has 0 unspecified atom stereocenters. The lowest BCUT2D eigenvalue weighted by Crippen LogP contribution is -2.39. The fourth-order valence-electron chi connectivity index (χ4n) is 2.77. The number of hydrogen-bond acceptors (Lipinski definition) is 5. The zero-order chi connectivity index (χ0) is 16.8. The van der Waals surface area contributed by atoms with Crippen LogP contribution in [0, 0.1) is 0 Å². The minimum Gasteiger partial charge on any atom is -0.468 e. The lowest BCUT2D eigenvalue weighted by molar-refractivity contribution is -0.137. The number of nitrogens with zero attached hydrogens (tertiary/aromatic N) is 2. The maximum Gasteiger partial charge on any atom is 0.315 e. The second-order valence-corrected chi connectivity index (χ2v) is 7.15. The van der Waals surface area contributed by atoms with Crippen molar-refractivity contribution in [3.8, 4) is 0 Å². The SMILES string of the molecule is COC(=O)CSCCC(=O)N[C@@H]1CCc2cnn(C(C)C)c2C1.